The van der Waals surface area contributed by atoms with E-state index in [1.165, 1.54) is 4.90 Å². The third kappa shape index (κ3) is 4.86. The van der Waals surface area contributed by atoms with Crippen LogP contribution in [0.2, 0.25) is 10.0 Å². The molecule has 0 radical (unpaired) electrons. The minimum atomic E-state index is -0.166. The summed E-state index contributed by atoms with van der Waals surface area (Å²) < 4.78 is 12.1. The van der Waals surface area contributed by atoms with Crippen molar-refractivity contribution in [3.63, 3.8) is 0 Å². The largest absolute Gasteiger partial charge is 0.493 e. The summed E-state index contributed by atoms with van der Waals surface area (Å²) in [5.41, 5.74) is 1.95. The fourth-order valence-corrected chi connectivity index (χ4v) is 3.96. The Hall–Kier alpha value is -1.80. The Kier molecular flexibility index (Phi) is 7.05. The molecule has 1 aliphatic rings. The van der Waals surface area contributed by atoms with Crippen LogP contribution in [0.3, 0.4) is 0 Å². The van der Waals surface area contributed by atoms with Gasteiger partial charge in [0.2, 0.25) is 0 Å². The normalized spacial score (nSPS) is 15.1. The van der Waals surface area contributed by atoms with Crippen LogP contribution in [0.25, 0.3) is 6.08 Å². The zero-order valence-corrected chi connectivity index (χ0v) is 19.5. The molecule has 3 rings (SSSR count). The smallest absolute Gasteiger partial charge is 0.276 e. The number of nitrogens with one attached hydrogen (secondary N) is 1. The van der Waals surface area contributed by atoms with E-state index in [-0.39, 0.29) is 12.5 Å². The van der Waals surface area contributed by atoms with Gasteiger partial charge in [0, 0.05) is 26.6 Å². The van der Waals surface area contributed by atoms with E-state index in [2.05, 4.69) is 21.2 Å². The molecule has 29 heavy (non-hydrogen) atoms. The molecule has 5 nitrogen and oxygen atoms in total. The fraction of sp³-hybridized carbons (Fsp3) is 0.200. The molecule has 0 saturated carbocycles. The van der Waals surface area contributed by atoms with E-state index in [0.29, 0.717) is 38.9 Å². The number of halogens is 3. The highest BCUT2D eigenvalue weighted by molar-refractivity contribution is 9.10. The van der Waals surface area contributed by atoms with Gasteiger partial charge in [-0.05, 0) is 55.0 Å². The van der Waals surface area contributed by atoms with Crippen LogP contribution in [0.15, 0.2) is 40.5 Å². The van der Waals surface area contributed by atoms with Crippen molar-refractivity contribution in [2.75, 3.05) is 13.7 Å². The molecule has 0 spiro atoms. The number of amides is 1. The molecule has 152 valence electrons. The van der Waals surface area contributed by atoms with Gasteiger partial charge in [-0.15, -0.1) is 0 Å². The SMILES string of the molecule is CCN1C(=O)/C(=C/c2cc(OC)c(OCc3ccc(Cl)cc3Cl)cc2Br)NC1=S. The number of methoxy groups -OCH3 is 1. The van der Waals surface area contributed by atoms with Gasteiger partial charge in [0.15, 0.2) is 16.6 Å². The fourth-order valence-electron chi connectivity index (χ4n) is 2.74. The van der Waals surface area contributed by atoms with Crippen LogP contribution < -0.4 is 14.8 Å². The number of benzene rings is 2. The first-order valence-corrected chi connectivity index (χ1v) is 10.6. The van der Waals surface area contributed by atoms with E-state index in [1.54, 1.807) is 37.5 Å². The molecule has 1 amide bonds. The molecule has 1 saturated heterocycles. The molecule has 1 N–H and O–H groups in total. The van der Waals surface area contributed by atoms with Crippen LogP contribution >= 0.6 is 51.3 Å². The third-order valence-electron chi connectivity index (χ3n) is 4.26. The Bertz CT molecular complexity index is 1010. The van der Waals surface area contributed by atoms with Gasteiger partial charge in [0.25, 0.3) is 5.91 Å². The molecule has 0 unspecified atom stereocenters. The van der Waals surface area contributed by atoms with E-state index in [9.17, 15) is 4.79 Å². The number of carbonyl (C=O) groups excluding carboxylic acids is 1. The zero-order valence-electron chi connectivity index (χ0n) is 15.6. The van der Waals surface area contributed by atoms with Gasteiger partial charge < -0.3 is 14.8 Å². The molecule has 0 atom stereocenters. The van der Waals surface area contributed by atoms with Gasteiger partial charge in [-0.25, -0.2) is 0 Å². The van der Waals surface area contributed by atoms with Crippen molar-refractivity contribution in [3.05, 3.63) is 61.7 Å². The molecule has 1 aliphatic heterocycles. The zero-order chi connectivity index (χ0) is 21.1. The number of thiocarbonyl (C=S) groups is 1. The lowest BCUT2D eigenvalue weighted by atomic mass is 10.1. The van der Waals surface area contributed by atoms with Crippen LogP contribution in [0.5, 0.6) is 11.5 Å². The number of rotatable bonds is 6. The summed E-state index contributed by atoms with van der Waals surface area (Å²) in [5.74, 6) is 0.885. The highest BCUT2D eigenvalue weighted by atomic mass is 79.9. The molecule has 2 aromatic carbocycles. The lowest BCUT2D eigenvalue weighted by Crippen LogP contribution is -2.30. The molecule has 0 aliphatic carbocycles. The van der Waals surface area contributed by atoms with Gasteiger partial charge in [0.05, 0.1) is 7.11 Å². The highest BCUT2D eigenvalue weighted by Crippen LogP contribution is 2.36. The first-order valence-electron chi connectivity index (χ1n) is 8.62. The number of likely N-dealkylation sites (N-methyl/N-ethyl adjacent to an activating group) is 1. The second-order valence-electron chi connectivity index (χ2n) is 6.09. The van der Waals surface area contributed by atoms with Crippen molar-refractivity contribution in [1.82, 2.24) is 10.2 Å². The summed E-state index contributed by atoms with van der Waals surface area (Å²) in [6, 6.07) is 8.79. The first kappa shape index (κ1) is 21.9. The number of ether oxygens (including phenoxy) is 2. The lowest BCUT2D eigenvalue weighted by molar-refractivity contribution is -0.122. The second-order valence-corrected chi connectivity index (χ2v) is 8.17. The Morgan fingerprint density at radius 3 is 2.62 bits per heavy atom. The molecule has 1 heterocycles. The Morgan fingerprint density at radius 1 is 1.24 bits per heavy atom. The minimum absolute atomic E-state index is 0.166. The van der Waals surface area contributed by atoms with Crippen LogP contribution in [-0.2, 0) is 11.4 Å². The summed E-state index contributed by atoms with van der Waals surface area (Å²) >= 11 is 20.8. The molecule has 0 aromatic heterocycles. The summed E-state index contributed by atoms with van der Waals surface area (Å²) in [6.07, 6.45) is 1.72. The Morgan fingerprint density at radius 2 is 2.00 bits per heavy atom. The Balaban J connectivity index is 1.85. The van der Waals surface area contributed by atoms with Gasteiger partial charge in [-0.1, -0.05) is 45.2 Å². The predicted octanol–water partition coefficient (Wildman–Crippen LogP) is 5.42. The second kappa shape index (κ2) is 9.34. The summed E-state index contributed by atoms with van der Waals surface area (Å²) in [5, 5.41) is 4.43. The quantitative estimate of drug-likeness (QED) is 0.411. The topological polar surface area (TPSA) is 50.8 Å². The van der Waals surface area contributed by atoms with E-state index in [1.807, 2.05) is 13.0 Å². The van der Waals surface area contributed by atoms with Crippen LogP contribution in [-0.4, -0.2) is 29.6 Å². The maximum absolute atomic E-state index is 12.4. The average molecular weight is 516 g/mol. The van der Waals surface area contributed by atoms with Crippen molar-refractivity contribution in [1.29, 1.82) is 0 Å². The monoisotopic (exact) mass is 514 g/mol. The van der Waals surface area contributed by atoms with E-state index in [0.717, 1.165) is 15.6 Å². The number of carbonyl (C=O) groups is 1. The van der Waals surface area contributed by atoms with Crippen molar-refractivity contribution < 1.29 is 14.3 Å². The Labute approximate surface area is 192 Å². The van der Waals surface area contributed by atoms with Gasteiger partial charge in [0.1, 0.15) is 12.3 Å². The lowest BCUT2D eigenvalue weighted by Gasteiger charge is -2.14. The number of hydrogen-bond donors (Lipinski definition) is 1. The maximum atomic E-state index is 12.4. The van der Waals surface area contributed by atoms with E-state index >= 15 is 0 Å². The van der Waals surface area contributed by atoms with E-state index in [4.69, 9.17) is 44.9 Å². The summed E-state index contributed by atoms with van der Waals surface area (Å²) in [7, 11) is 1.55. The summed E-state index contributed by atoms with van der Waals surface area (Å²) in [6.45, 7) is 2.62. The molecular weight excluding hydrogens is 499 g/mol. The minimum Gasteiger partial charge on any atom is -0.493 e. The third-order valence-corrected chi connectivity index (χ3v) is 5.86. The van der Waals surface area contributed by atoms with Gasteiger partial charge >= 0.3 is 0 Å². The highest BCUT2D eigenvalue weighted by Gasteiger charge is 2.29. The molecular formula is C20H17BrCl2N2O3S. The van der Waals surface area contributed by atoms with Gasteiger partial charge in [-0.3, -0.25) is 9.69 Å². The van der Waals surface area contributed by atoms with Crippen molar-refractivity contribution in [3.8, 4) is 11.5 Å². The first-order chi connectivity index (χ1) is 13.8. The molecule has 0 bridgehead atoms. The average Bonchev–Trinajstić information content (AvgIpc) is 2.95. The standard InChI is InChI=1S/C20H17BrCl2N2O3S/c1-3-25-19(26)16(24-20(25)29)6-12-7-17(27-2)18(9-14(12)21)28-10-11-4-5-13(22)8-15(11)23/h4-9H,3,10H2,1-2H3,(H,24,29)/b16-6-. The van der Waals surface area contributed by atoms with Crippen LogP contribution in [0.1, 0.15) is 18.1 Å². The van der Waals surface area contributed by atoms with Crippen molar-refractivity contribution in [2.45, 2.75) is 13.5 Å². The molecule has 2 aromatic rings. The van der Waals surface area contributed by atoms with Crippen LogP contribution in [0.4, 0.5) is 0 Å². The van der Waals surface area contributed by atoms with Crippen molar-refractivity contribution in [2.24, 2.45) is 0 Å². The number of hydrogen-bond acceptors (Lipinski definition) is 4. The molecule has 9 heteroatoms. The van der Waals surface area contributed by atoms with E-state index < -0.39 is 0 Å². The summed E-state index contributed by atoms with van der Waals surface area (Å²) in [4.78, 5) is 13.9. The maximum Gasteiger partial charge on any atom is 0.276 e. The molecule has 1 fully saturated rings. The van der Waals surface area contributed by atoms with Crippen LogP contribution in [0, 0.1) is 0 Å². The number of nitrogens with zero attached hydrogens (tertiary/aromatic N) is 1. The van der Waals surface area contributed by atoms with Crippen molar-refractivity contribution >= 4 is 68.4 Å². The predicted molar refractivity (Wildman–Crippen MR) is 123 cm³/mol. The van der Waals surface area contributed by atoms with Gasteiger partial charge in [-0.2, -0.15) is 0 Å².